The quantitative estimate of drug-likeness (QED) is 0.403. The highest BCUT2D eigenvalue weighted by Crippen LogP contribution is 1.36. The van der Waals surface area contributed by atoms with Gasteiger partial charge < -0.3 is 0 Å². The molecule has 0 fully saturated rings. The lowest BCUT2D eigenvalue weighted by Crippen LogP contribution is -1.94. The van der Waals surface area contributed by atoms with Gasteiger partial charge in [-0.15, -0.1) is 6.82 Å². The molecule has 4 heteroatoms. The highest BCUT2D eigenvalue weighted by Gasteiger charge is 1.63. The van der Waals surface area contributed by atoms with Crippen LogP contribution in [0.5, 0.6) is 0 Å². The van der Waals surface area contributed by atoms with Crippen LogP contribution in [-0.4, -0.2) is 29.2 Å². The van der Waals surface area contributed by atoms with Gasteiger partial charge >= 0.3 is 0 Å². The Morgan fingerprint density at radius 3 is 1.29 bits per heavy atom. The third-order valence-electron chi connectivity index (χ3n) is 0.192. The molecule has 0 aromatic rings. The van der Waals surface area contributed by atoms with Gasteiger partial charge in [0.1, 0.15) is 7.28 Å². The second kappa shape index (κ2) is 16.3. The SMILES string of the molecule is C[B]C.[B][B][B]C. The maximum absolute atomic E-state index is 4.85. The van der Waals surface area contributed by atoms with Gasteiger partial charge in [0.05, 0.1) is 7.17 Å². The van der Waals surface area contributed by atoms with Gasteiger partial charge in [-0.25, -0.2) is 0 Å². The molecule has 0 bridgehead atoms. The van der Waals surface area contributed by atoms with Crippen LogP contribution in [0.3, 0.4) is 0 Å². The average Bonchev–Trinajstić information content (AvgIpc) is 1.69. The maximum Gasteiger partial charge on any atom is 0.102 e. The summed E-state index contributed by atoms with van der Waals surface area (Å²) < 4.78 is 0. The Labute approximate surface area is 50.6 Å². The minimum Gasteiger partial charge on any atom is -0.101 e. The zero-order valence-electron chi connectivity index (χ0n) is 5.31. The molecule has 0 nitrogen and oxygen atoms in total. The monoisotopic (exact) mass is 89.1 g/mol. The molecule has 7 heavy (non-hydrogen) atoms. The standard InChI is InChI=1S/C2H6B.CH3B3/c1-3-2;1-3-4-2/h1-2H3;1H3. The summed E-state index contributed by atoms with van der Waals surface area (Å²) in [5, 5.41) is 0. The normalized spacial score (nSPS) is 5.00. The summed E-state index contributed by atoms with van der Waals surface area (Å²) in [6, 6.07) is 0. The molecule has 0 atom stereocenters. The van der Waals surface area contributed by atoms with E-state index in [0.717, 1.165) is 0 Å². The Morgan fingerprint density at radius 2 is 1.29 bits per heavy atom. The fraction of sp³-hybridized carbons (Fsp3) is 1.00. The highest BCUT2D eigenvalue weighted by atomic mass is 12.9. The van der Waals surface area contributed by atoms with Crippen molar-refractivity contribution in [1.29, 1.82) is 0 Å². The molecule has 0 unspecified atom stereocenters. The predicted molar refractivity (Wildman–Crippen MR) is 40.6 cm³/mol. The van der Waals surface area contributed by atoms with E-state index in [-0.39, 0.29) is 0 Å². The summed E-state index contributed by atoms with van der Waals surface area (Å²) in [6.45, 7) is 5.88. The van der Waals surface area contributed by atoms with Crippen LogP contribution in [0, 0.1) is 0 Å². The van der Waals surface area contributed by atoms with E-state index in [1.807, 2.05) is 27.7 Å². The Hall–Kier alpha value is 0.260. The molecule has 0 rings (SSSR count). The first kappa shape index (κ1) is 10.3. The van der Waals surface area contributed by atoms with Crippen LogP contribution in [0.25, 0.3) is 0 Å². The molecule has 0 aliphatic heterocycles. The van der Waals surface area contributed by atoms with Crippen molar-refractivity contribution in [2.24, 2.45) is 0 Å². The van der Waals surface area contributed by atoms with Gasteiger partial charge in [0.2, 0.25) is 0 Å². The fourth-order valence-electron chi connectivity index (χ4n) is 0. The molecule has 0 saturated heterocycles. The van der Waals surface area contributed by atoms with Crippen molar-refractivity contribution in [3.8, 4) is 0 Å². The molecular weight excluding hydrogens is 79.3 g/mol. The van der Waals surface area contributed by atoms with Crippen LogP contribution in [0.2, 0.25) is 20.5 Å². The second-order valence-electron chi connectivity index (χ2n) is 1.10. The molecule has 0 saturated carbocycles. The first-order valence-electron chi connectivity index (χ1n) is 2.40. The Bertz CT molecular complexity index is 14.4. The molecule has 0 aromatic carbocycles. The second-order valence-corrected chi connectivity index (χ2v) is 1.10. The summed E-state index contributed by atoms with van der Waals surface area (Å²) in [5.41, 5.74) is 0. The van der Waals surface area contributed by atoms with Gasteiger partial charge in [-0.3, -0.25) is 0 Å². The third-order valence-corrected chi connectivity index (χ3v) is 0.192. The summed E-state index contributed by atoms with van der Waals surface area (Å²) >= 11 is 0. The van der Waals surface area contributed by atoms with E-state index in [1.165, 1.54) is 7.06 Å². The van der Waals surface area contributed by atoms with E-state index in [0.29, 0.717) is 0 Å². The Morgan fingerprint density at radius 1 is 1.14 bits per heavy atom. The maximum atomic E-state index is 4.85. The van der Waals surface area contributed by atoms with E-state index < -0.39 is 0 Å². The molecule has 0 amide bonds. The van der Waals surface area contributed by atoms with Crippen LogP contribution >= 0.6 is 0 Å². The van der Waals surface area contributed by atoms with Crippen LogP contribution < -0.4 is 0 Å². The predicted octanol–water partition coefficient (Wildman–Crippen LogP) is 0.228. The van der Waals surface area contributed by atoms with E-state index >= 15 is 0 Å². The lowest BCUT2D eigenvalue weighted by molar-refractivity contribution is 2.14. The van der Waals surface area contributed by atoms with Gasteiger partial charge in [-0.2, -0.15) is 0 Å². The van der Waals surface area contributed by atoms with Crippen molar-refractivity contribution in [2.75, 3.05) is 0 Å². The minimum absolute atomic E-state index is 1.50. The lowest BCUT2D eigenvalue weighted by atomic mass is 9.29. The smallest absolute Gasteiger partial charge is 0.101 e. The van der Waals surface area contributed by atoms with Crippen molar-refractivity contribution < 1.29 is 0 Å². The van der Waals surface area contributed by atoms with Crippen LogP contribution in [-0.2, 0) is 0 Å². The Kier molecular flexibility index (Phi) is 23.9. The van der Waals surface area contributed by atoms with Gasteiger partial charge in [-0.1, -0.05) is 13.6 Å². The fourth-order valence-corrected chi connectivity index (χ4v) is 0. The molecule has 33 valence electrons. The van der Waals surface area contributed by atoms with Crippen molar-refractivity contribution in [1.82, 2.24) is 0 Å². The first-order chi connectivity index (χ1) is 3.33. The first-order valence-corrected chi connectivity index (χ1v) is 2.40. The van der Waals surface area contributed by atoms with Gasteiger partial charge in [0, 0.05) is 14.8 Å². The zero-order valence-corrected chi connectivity index (χ0v) is 5.31. The highest BCUT2D eigenvalue weighted by molar-refractivity contribution is 7.23. The van der Waals surface area contributed by atoms with E-state index in [2.05, 4.69) is 0 Å². The van der Waals surface area contributed by atoms with Gasteiger partial charge in [0.15, 0.2) is 0 Å². The van der Waals surface area contributed by atoms with Gasteiger partial charge in [0.25, 0.3) is 0 Å². The number of hydrogen-bond donors (Lipinski definition) is 0. The summed E-state index contributed by atoms with van der Waals surface area (Å²) in [6.07, 6.45) is 0. The number of hydrogen-bond acceptors (Lipinski definition) is 0. The van der Waals surface area contributed by atoms with Gasteiger partial charge in [-0.05, 0) is 0 Å². The number of rotatable bonds is 1. The van der Waals surface area contributed by atoms with E-state index in [9.17, 15) is 0 Å². The molecule has 0 heterocycles. The molecule has 0 spiro atoms. The van der Waals surface area contributed by atoms with Crippen LogP contribution in [0.1, 0.15) is 0 Å². The van der Waals surface area contributed by atoms with Crippen LogP contribution in [0.4, 0.5) is 0 Å². The largest absolute Gasteiger partial charge is 0.102 e. The Balaban J connectivity index is 0. The zero-order chi connectivity index (χ0) is 6.12. The summed E-state index contributed by atoms with van der Waals surface area (Å²) in [7, 11) is 10.1. The van der Waals surface area contributed by atoms with Crippen molar-refractivity contribution in [3.63, 3.8) is 0 Å². The third kappa shape index (κ3) is 71.6. The lowest BCUT2D eigenvalue weighted by Gasteiger charge is -1.61. The molecule has 0 N–H and O–H groups in total. The minimum atomic E-state index is 1.50. The van der Waals surface area contributed by atoms with Crippen molar-refractivity contribution in [2.45, 2.75) is 20.5 Å². The molecule has 0 aromatic heterocycles. The van der Waals surface area contributed by atoms with Crippen molar-refractivity contribution in [3.05, 3.63) is 0 Å². The molecule has 5 radical (unpaired) electrons. The molecule has 0 aliphatic rings. The van der Waals surface area contributed by atoms with E-state index in [1.54, 1.807) is 7.17 Å². The summed E-state index contributed by atoms with van der Waals surface area (Å²) in [4.78, 5) is 0. The van der Waals surface area contributed by atoms with Crippen LogP contribution in [0.15, 0.2) is 0 Å². The van der Waals surface area contributed by atoms with Crippen molar-refractivity contribution >= 4 is 29.2 Å². The molecular formula is C3H9B4. The van der Waals surface area contributed by atoms with E-state index in [4.69, 9.17) is 7.74 Å². The molecule has 0 aliphatic carbocycles. The topological polar surface area (TPSA) is 0 Å². The summed E-state index contributed by atoms with van der Waals surface area (Å²) in [5.74, 6) is 0. The average molecular weight is 88.4 g/mol.